The van der Waals surface area contributed by atoms with Crippen LogP contribution in [0.25, 0.3) is 33.3 Å². The standard InChI is InChI=1S/C19H13N3O2/c23-18-16-15(10-11-20-17(16)21-19(24)22-18)14-8-6-13(7-9-14)12-4-2-1-3-5-12/h1-11H,(H2,20,21,22,23,24). The Morgan fingerprint density at radius 1 is 0.708 bits per heavy atom. The zero-order valence-corrected chi connectivity index (χ0v) is 12.6. The van der Waals surface area contributed by atoms with Crippen molar-refractivity contribution in [3.63, 3.8) is 0 Å². The number of aromatic amines is 2. The number of hydrogen-bond acceptors (Lipinski definition) is 3. The molecule has 0 radical (unpaired) electrons. The van der Waals surface area contributed by atoms with Crippen LogP contribution in [0.1, 0.15) is 0 Å². The van der Waals surface area contributed by atoms with E-state index in [4.69, 9.17) is 0 Å². The van der Waals surface area contributed by atoms with E-state index in [2.05, 4.69) is 15.0 Å². The number of pyridine rings is 1. The second-order valence-corrected chi connectivity index (χ2v) is 5.43. The molecule has 0 bridgehead atoms. The molecule has 5 heteroatoms. The number of rotatable bonds is 2. The molecule has 24 heavy (non-hydrogen) atoms. The fourth-order valence-corrected chi connectivity index (χ4v) is 2.80. The molecular formula is C19H13N3O2. The number of aromatic nitrogens is 3. The molecule has 0 spiro atoms. The first-order chi connectivity index (χ1) is 11.7. The van der Waals surface area contributed by atoms with Gasteiger partial charge in [-0.05, 0) is 28.3 Å². The smallest absolute Gasteiger partial charge is 0.291 e. The largest absolute Gasteiger partial charge is 0.327 e. The number of hydrogen-bond donors (Lipinski definition) is 2. The predicted molar refractivity (Wildman–Crippen MR) is 93.9 cm³/mol. The summed E-state index contributed by atoms with van der Waals surface area (Å²) in [5, 5.41) is 0.379. The van der Waals surface area contributed by atoms with Gasteiger partial charge < -0.3 is 0 Å². The Hall–Kier alpha value is -3.47. The molecule has 0 amide bonds. The number of fused-ring (bicyclic) bond motifs is 1. The minimum atomic E-state index is -0.559. The second kappa shape index (κ2) is 5.62. The first-order valence-electron chi connectivity index (χ1n) is 7.49. The molecule has 116 valence electrons. The number of nitrogens with one attached hydrogen (secondary N) is 2. The van der Waals surface area contributed by atoms with Gasteiger partial charge in [0.1, 0.15) is 5.65 Å². The van der Waals surface area contributed by atoms with Gasteiger partial charge in [0.25, 0.3) is 5.56 Å². The van der Waals surface area contributed by atoms with Gasteiger partial charge in [-0.25, -0.2) is 9.78 Å². The summed E-state index contributed by atoms with van der Waals surface area (Å²) in [6.07, 6.45) is 1.58. The monoisotopic (exact) mass is 315 g/mol. The molecule has 2 heterocycles. The fraction of sp³-hybridized carbons (Fsp3) is 0. The zero-order valence-electron chi connectivity index (χ0n) is 12.6. The van der Waals surface area contributed by atoms with Gasteiger partial charge in [-0.15, -0.1) is 0 Å². The van der Waals surface area contributed by atoms with Crippen LogP contribution in [0.4, 0.5) is 0 Å². The predicted octanol–water partition coefficient (Wildman–Crippen LogP) is 2.95. The number of nitrogens with zero attached hydrogens (tertiary/aromatic N) is 1. The molecule has 0 unspecified atom stereocenters. The molecular weight excluding hydrogens is 302 g/mol. The van der Waals surface area contributed by atoms with E-state index in [1.807, 2.05) is 54.6 Å². The van der Waals surface area contributed by atoms with Gasteiger partial charge >= 0.3 is 5.69 Å². The molecule has 0 fully saturated rings. The van der Waals surface area contributed by atoms with Crippen LogP contribution in [-0.4, -0.2) is 15.0 Å². The highest BCUT2D eigenvalue weighted by molar-refractivity contribution is 5.91. The maximum atomic E-state index is 12.2. The normalized spacial score (nSPS) is 10.8. The van der Waals surface area contributed by atoms with Crippen LogP contribution in [-0.2, 0) is 0 Å². The molecule has 0 atom stereocenters. The van der Waals surface area contributed by atoms with Crippen molar-refractivity contribution >= 4 is 11.0 Å². The summed E-state index contributed by atoms with van der Waals surface area (Å²) in [4.78, 5) is 32.5. The van der Waals surface area contributed by atoms with Gasteiger partial charge in [-0.1, -0.05) is 54.6 Å². The quantitative estimate of drug-likeness (QED) is 0.597. The van der Waals surface area contributed by atoms with Gasteiger partial charge in [-0.2, -0.15) is 0 Å². The van der Waals surface area contributed by atoms with Gasteiger partial charge in [0, 0.05) is 6.20 Å². The zero-order chi connectivity index (χ0) is 16.5. The molecule has 2 aromatic carbocycles. The van der Waals surface area contributed by atoms with Crippen molar-refractivity contribution in [3.8, 4) is 22.3 Å². The summed E-state index contributed by atoms with van der Waals surface area (Å²) in [6, 6.07) is 19.8. The highest BCUT2D eigenvalue weighted by Gasteiger charge is 2.10. The lowest BCUT2D eigenvalue weighted by atomic mass is 9.99. The summed E-state index contributed by atoms with van der Waals surface area (Å²) in [5.41, 5.74) is 3.14. The third kappa shape index (κ3) is 2.42. The second-order valence-electron chi connectivity index (χ2n) is 5.43. The molecule has 0 saturated carbocycles. The Labute approximate surface area is 136 Å². The van der Waals surface area contributed by atoms with Crippen molar-refractivity contribution in [3.05, 3.63) is 87.7 Å². The first kappa shape index (κ1) is 14.1. The highest BCUT2D eigenvalue weighted by Crippen LogP contribution is 2.27. The van der Waals surface area contributed by atoms with Crippen LogP contribution in [0.3, 0.4) is 0 Å². The summed E-state index contributed by atoms with van der Waals surface area (Å²) in [7, 11) is 0. The van der Waals surface area contributed by atoms with Crippen molar-refractivity contribution in [1.82, 2.24) is 15.0 Å². The summed E-state index contributed by atoms with van der Waals surface area (Å²) >= 11 is 0. The van der Waals surface area contributed by atoms with E-state index in [9.17, 15) is 9.59 Å². The minimum Gasteiger partial charge on any atom is -0.291 e. The average Bonchev–Trinajstić information content (AvgIpc) is 2.62. The van der Waals surface area contributed by atoms with Crippen molar-refractivity contribution < 1.29 is 0 Å². The van der Waals surface area contributed by atoms with Crippen LogP contribution in [0.2, 0.25) is 0 Å². The molecule has 0 aliphatic carbocycles. The van der Waals surface area contributed by atoms with Gasteiger partial charge in [-0.3, -0.25) is 14.8 Å². The van der Waals surface area contributed by atoms with Crippen molar-refractivity contribution in [2.24, 2.45) is 0 Å². The van der Waals surface area contributed by atoms with E-state index in [0.29, 0.717) is 5.39 Å². The van der Waals surface area contributed by atoms with Gasteiger partial charge in [0.2, 0.25) is 0 Å². The molecule has 2 aromatic heterocycles. The van der Waals surface area contributed by atoms with Crippen LogP contribution in [0, 0.1) is 0 Å². The molecule has 4 aromatic rings. The number of H-pyrrole nitrogens is 2. The SMILES string of the molecule is O=c1[nH]c(=O)c2c(-c3ccc(-c4ccccc4)cc3)ccnc2[nH]1. The lowest BCUT2D eigenvalue weighted by Crippen LogP contribution is -2.22. The summed E-state index contributed by atoms with van der Waals surface area (Å²) in [6.45, 7) is 0. The third-order valence-electron chi connectivity index (χ3n) is 3.94. The number of benzene rings is 2. The van der Waals surface area contributed by atoms with Gasteiger partial charge in [0.15, 0.2) is 0 Å². The van der Waals surface area contributed by atoms with Crippen molar-refractivity contribution in [2.75, 3.05) is 0 Å². The Morgan fingerprint density at radius 3 is 2.12 bits per heavy atom. The Morgan fingerprint density at radius 2 is 1.38 bits per heavy atom. The van der Waals surface area contributed by atoms with Crippen LogP contribution < -0.4 is 11.2 Å². The molecule has 4 rings (SSSR count). The van der Waals surface area contributed by atoms with E-state index >= 15 is 0 Å². The molecule has 0 aliphatic rings. The molecule has 2 N–H and O–H groups in total. The summed E-state index contributed by atoms with van der Waals surface area (Å²) < 4.78 is 0. The first-order valence-corrected chi connectivity index (χ1v) is 7.49. The Kier molecular flexibility index (Phi) is 3.31. The van der Waals surface area contributed by atoms with Crippen LogP contribution in [0.5, 0.6) is 0 Å². The fourth-order valence-electron chi connectivity index (χ4n) is 2.80. The summed E-state index contributed by atoms with van der Waals surface area (Å²) in [5.74, 6) is 0. The maximum Gasteiger partial charge on any atom is 0.327 e. The lowest BCUT2D eigenvalue weighted by molar-refractivity contribution is 1.06. The van der Waals surface area contributed by atoms with Crippen LogP contribution in [0.15, 0.2) is 76.4 Å². The van der Waals surface area contributed by atoms with Gasteiger partial charge in [0.05, 0.1) is 5.39 Å². The lowest BCUT2D eigenvalue weighted by Gasteiger charge is -2.07. The van der Waals surface area contributed by atoms with Crippen molar-refractivity contribution in [1.29, 1.82) is 0 Å². The molecule has 0 aliphatic heterocycles. The maximum absolute atomic E-state index is 12.2. The Balaban J connectivity index is 1.87. The highest BCUT2D eigenvalue weighted by atomic mass is 16.2. The van der Waals surface area contributed by atoms with E-state index in [0.717, 1.165) is 22.3 Å². The third-order valence-corrected chi connectivity index (χ3v) is 3.94. The topological polar surface area (TPSA) is 78.6 Å². The molecule has 5 nitrogen and oxygen atoms in total. The van der Waals surface area contributed by atoms with Crippen molar-refractivity contribution in [2.45, 2.75) is 0 Å². The van der Waals surface area contributed by atoms with E-state index < -0.39 is 11.2 Å². The average molecular weight is 315 g/mol. The van der Waals surface area contributed by atoms with E-state index in [1.54, 1.807) is 12.3 Å². The minimum absolute atomic E-state index is 0.286. The Bertz CT molecular complexity index is 1130. The van der Waals surface area contributed by atoms with E-state index in [1.165, 1.54) is 0 Å². The van der Waals surface area contributed by atoms with Crippen LogP contribution >= 0.6 is 0 Å². The molecule has 0 saturated heterocycles. The van der Waals surface area contributed by atoms with E-state index in [-0.39, 0.29) is 5.65 Å².